The Morgan fingerprint density at radius 2 is 1.36 bits per heavy atom. The van der Waals surface area contributed by atoms with Crippen LogP contribution in [0.15, 0.2) is 24.5 Å². The van der Waals surface area contributed by atoms with E-state index in [0.29, 0.717) is 0 Å². The predicted octanol–water partition coefficient (Wildman–Crippen LogP) is 4.40. The van der Waals surface area contributed by atoms with Gasteiger partial charge < -0.3 is 0 Å². The molecule has 0 N–H and O–H groups in total. The van der Waals surface area contributed by atoms with Crippen LogP contribution in [0.25, 0.3) is 0 Å². The molecule has 4 rings (SSSR count). The summed E-state index contributed by atoms with van der Waals surface area (Å²) in [5.41, 5.74) is 8.42. The summed E-state index contributed by atoms with van der Waals surface area (Å²) in [5, 5.41) is 0. The van der Waals surface area contributed by atoms with Crippen molar-refractivity contribution in [3.63, 3.8) is 0 Å². The van der Waals surface area contributed by atoms with Gasteiger partial charge in [-0.05, 0) is 92.7 Å². The molecule has 0 amide bonds. The number of hydrogen-bond acceptors (Lipinski definition) is 2. The molecule has 2 heteroatoms. The predicted molar refractivity (Wildman–Crippen MR) is 91.3 cm³/mol. The molecule has 0 saturated heterocycles. The zero-order chi connectivity index (χ0) is 15.4. The fraction of sp³-hybridized carbons (Fsp3) is 0.500. The highest BCUT2D eigenvalue weighted by atomic mass is 14.7. The highest BCUT2D eigenvalue weighted by Crippen LogP contribution is 2.21. The summed E-state index contributed by atoms with van der Waals surface area (Å²) in [7, 11) is 0. The first kappa shape index (κ1) is 15.2. The molecular weight excluding hydrogens is 268 g/mol. The number of fused-ring (bicyclic) bond motifs is 2. The first-order valence-electron chi connectivity index (χ1n) is 8.67. The second-order valence-corrected chi connectivity index (χ2v) is 6.45. The number of rotatable bonds is 1. The van der Waals surface area contributed by atoms with Crippen LogP contribution in [-0.4, -0.2) is 9.97 Å². The van der Waals surface area contributed by atoms with Crippen LogP contribution in [-0.2, 0) is 32.1 Å². The Balaban J connectivity index is 0.000000133. The minimum Gasteiger partial charge on any atom is -0.261 e. The van der Waals surface area contributed by atoms with Crippen molar-refractivity contribution >= 4 is 0 Å². The van der Waals surface area contributed by atoms with Gasteiger partial charge in [-0.2, -0.15) is 0 Å². The van der Waals surface area contributed by atoms with E-state index in [2.05, 4.69) is 42.1 Å². The number of nitrogens with zero attached hydrogens (tertiary/aromatic N) is 2. The number of aromatic nitrogens is 2. The number of hydrogen-bond donors (Lipinski definition) is 0. The van der Waals surface area contributed by atoms with Gasteiger partial charge in [0.15, 0.2) is 0 Å². The van der Waals surface area contributed by atoms with Crippen molar-refractivity contribution in [1.29, 1.82) is 0 Å². The normalized spacial score (nSPS) is 15.5. The maximum atomic E-state index is 4.41. The van der Waals surface area contributed by atoms with Gasteiger partial charge in [-0.25, -0.2) is 0 Å². The Morgan fingerprint density at radius 3 is 2.14 bits per heavy atom. The van der Waals surface area contributed by atoms with E-state index >= 15 is 0 Å². The molecular formula is C20H26N2. The molecule has 2 aromatic heterocycles. The van der Waals surface area contributed by atoms with Gasteiger partial charge in [-0.15, -0.1) is 0 Å². The highest BCUT2D eigenvalue weighted by Gasteiger charge is 2.10. The standard InChI is InChI=1S/C11H15N.C9H11N/c1-2-11-7-9-5-3-4-6-10(9)8-12-11;1-7-5-8-3-2-4-9(8)6-10-7/h7-8H,2-6H2,1H3;5-6H,2-4H2,1H3. The van der Waals surface area contributed by atoms with E-state index in [-0.39, 0.29) is 0 Å². The molecule has 0 saturated carbocycles. The SMILES string of the molecule is CCc1cc2c(cn1)CCCC2.Cc1cc2c(cn1)CCC2. The van der Waals surface area contributed by atoms with Crippen molar-refractivity contribution in [2.75, 3.05) is 0 Å². The largest absolute Gasteiger partial charge is 0.261 e. The van der Waals surface area contributed by atoms with Crippen LogP contribution < -0.4 is 0 Å². The molecule has 22 heavy (non-hydrogen) atoms. The average Bonchev–Trinajstić information content (AvgIpc) is 3.02. The lowest BCUT2D eigenvalue weighted by atomic mass is 9.93. The summed E-state index contributed by atoms with van der Waals surface area (Å²) >= 11 is 0. The van der Waals surface area contributed by atoms with Gasteiger partial charge >= 0.3 is 0 Å². The molecule has 0 unspecified atom stereocenters. The second kappa shape index (κ2) is 7.04. The van der Waals surface area contributed by atoms with Crippen molar-refractivity contribution in [2.45, 2.75) is 65.2 Å². The van der Waals surface area contributed by atoms with Gasteiger partial charge in [0.25, 0.3) is 0 Å². The zero-order valence-electron chi connectivity index (χ0n) is 13.9. The van der Waals surface area contributed by atoms with E-state index in [4.69, 9.17) is 0 Å². The summed E-state index contributed by atoms with van der Waals surface area (Å²) in [6.07, 6.45) is 14.2. The number of pyridine rings is 2. The van der Waals surface area contributed by atoms with Crippen molar-refractivity contribution in [2.24, 2.45) is 0 Å². The molecule has 2 aromatic rings. The third-order valence-corrected chi connectivity index (χ3v) is 4.76. The van der Waals surface area contributed by atoms with Crippen LogP contribution >= 0.6 is 0 Å². The smallest absolute Gasteiger partial charge is 0.0403 e. The number of aryl methyl sites for hydroxylation is 6. The Hall–Kier alpha value is -1.70. The lowest BCUT2D eigenvalue weighted by molar-refractivity contribution is 0.679. The maximum absolute atomic E-state index is 4.41. The minimum absolute atomic E-state index is 1.06. The maximum Gasteiger partial charge on any atom is 0.0403 e. The van der Waals surface area contributed by atoms with Crippen LogP contribution in [0.5, 0.6) is 0 Å². The molecule has 116 valence electrons. The van der Waals surface area contributed by atoms with Crippen molar-refractivity contribution < 1.29 is 0 Å². The average molecular weight is 294 g/mol. The summed E-state index contributed by atoms with van der Waals surface area (Å²) in [6, 6.07) is 4.50. The van der Waals surface area contributed by atoms with Crippen LogP contribution in [0.1, 0.15) is 59.8 Å². The molecule has 0 bridgehead atoms. The Kier molecular flexibility index (Phi) is 4.87. The molecule has 2 aliphatic carbocycles. The van der Waals surface area contributed by atoms with Gasteiger partial charge in [0.2, 0.25) is 0 Å². The minimum atomic E-state index is 1.06. The van der Waals surface area contributed by atoms with Crippen molar-refractivity contribution in [1.82, 2.24) is 9.97 Å². The van der Waals surface area contributed by atoms with Gasteiger partial charge in [0.1, 0.15) is 0 Å². The fourth-order valence-corrected chi connectivity index (χ4v) is 3.43. The molecule has 0 radical (unpaired) electrons. The molecule has 2 heterocycles. The molecule has 2 nitrogen and oxygen atoms in total. The summed E-state index contributed by atoms with van der Waals surface area (Å²) < 4.78 is 0. The van der Waals surface area contributed by atoms with Gasteiger partial charge in [0.05, 0.1) is 0 Å². The monoisotopic (exact) mass is 294 g/mol. The Bertz CT molecular complexity index is 646. The van der Waals surface area contributed by atoms with E-state index in [1.54, 1.807) is 5.56 Å². The second-order valence-electron chi connectivity index (χ2n) is 6.45. The lowest BCUT2D eigenvalue weighted by Crippen LogP contribution is -2.04. The first-order valence-corrected chi connectivity index (χ1v) is 8.67. The van der Waals surface area contributed by atoms with Crippen LogP contribution in [0.3, 0.4) is 0 Å². The summed E-state index contributed by atoms with van der Waals surface area (Å²) in [4.78, 5) is 8.66. The van der Waals surface area contributed by atoms with E-state index in [9.17, 15) is 0 Å². The third kappa shape index (κ3) is 3.55. The Morgan fingerprint density at radius 1 is 0.773 bits per heavy atom. The molecule has 0 aliphatic heterocycles. The van der Waals surface area contributed by atoms with Crippen molar-refractivity contribution in [3.8, 4) is 0 Å². The topological polar surface area (TPSA) is 25.8 Å². The molecule has 0 spiro atoms. The van der Waals surface area contributed by atoms with E-state index < -0.39 is 0 Å². The quantitative estimate of drug-likeness (QED) is 0.779. The third-order valence-electron chi connectivity index (χ3n) is 4.76. The van der Waals surface area contributed by atoms with Crippen molar-refractivity contribution in [3.05, 3.63) is 58.2 Å². The molecule has 0 aromatic carbocycles. The highest BCUT2D eigenvalue weighted by molar-refractivity contribution is 5.30. The molecule has 2 aliphatic rings. The zero-order valence-corrected chi connectivity index (χ0v) is 13.9. The summed E-state index contributed by atoms with van der Waals surface area (Å²) in [6.45, 7) is 4.22. The van der Waals surface area contributed by atoms with E-state index in [1.807, 2.05) is 6.20 Å². The van der Waals surface area contributed by atoms with E-state index in [0.717, 1.165) is 12.1 Å². The summed E-state index contributed by atoms with van der Waals surface area (Å²) in [5.74, 6) is 0. The lowest BCUT2D eigenvalue weighted by Gasteiger charge is -2.15. The Labute approximate surface area is 134 Å². The van der Waals surface area contributed by atoms with Gasteiger partial charge in [-0.1, -0.05) is 6.92 Å². The van der Waals surface area contributed by atoms with Crippen LogP contribution in [0.2, 0.25) is 0 Å². The molecule has 0 fully saturated rings. The molecule has 0 atom stereocenters. The first-order chi connectivity index (χ1) is 10.8. The fourth-order valence-electron chi connectivity index (χ4n) is 3.43. The van der Waals surface area contributed by atoms with Crippen LogP contribution in [0.4, 0.5) is 0 Å². The van der Waals surface area contributed by atoms with Crippen LogP contribution in [0, 0.1) is 6.92 Å². The van der Waals surface area contributed by atoms with E-state index in [1.165, 1.54) is 67.3 Å². The van der Waals surface area contributed by atoms with Gasteiger partial charge in [-0.3, -0.25) is 9.97 Å². The van der Waals surface area contributed by atoms with Gasteiger partial charge in [0, 0.05) is 23.8 Å².